The molecule has 3 aromatic rings. The third-order valence-electron chi connectivity index (χ3n) is 8.68. The number of nitrogens with two attached hydrogens (primary N) is 1. The SMILES string of the molecule is COc1ccc2c(O[C@@H]3C[C@@H](C(N)=O)[C@H](C(=O)N(C)CCCC/C=C\[C@@H]4C[C@@H]4C(=O)O)C3)cc(-c3csc(NC(C)C)n3)nc2c1. The Labute approximate surface area is 273 Å². The number of fused-ring (bicyclic) bond motifs is 1. The lowest BCUT2D eigenvalue weighted by Gasteiger charge is -2.23. The molecule has 2 aromatic heterocycles. The first kappa shape index (κ1) is 33.2. The van der Waals surface area contributed by atoms with Crippen molar-refractivity contribution in [2.24, 2.45) is 29.4 Å². The summed E-state index contributed by atoms with van der Waals surface area (Å²) in [6, 6.07) is 7.70. The van der Waals surface area contributed by atoms with Crippen LogP contribution >= 0.6 is 11.3 Å². The number of rotatable bonds is 15. The predicted molar refractivity (Wildman–Crippen MR) is 178 cm³/mol. The van der Waals surface area contributed by atoms with E-state index in [1.54, 1.807) is 19.1 Å². The lowest BCUT2D eigenvalue weighted by Crippen LogP contribution is -2.39. The zero-order valence-corrected chi connectivity index (χ0v) is 27.6. The van der Waals surface area contributed by atoms with Crippen molar-refractivity contribution in [3.05, 3.63) is 41.8 Å². The molecule has 1 aromatic carbocycles. The summed E-state index contributed by atoms with van der Waals surface area (Å²) >= 11 is 1.50. The van der Waals surface area contributed by atoms with Crippen molar-refractivity contribution in [2.45, 2.75) is 64.5 Å². The van der Waals surface area contributed by atoms with Gasteiger partial charge in [-0.1, -0.05) is 12.2 Å². The van der Waals surface area contributed by atoms with E-state index in [-0.39, 0.29) is 23.8 Å². The number of benzene rings is 1. The molecule has 2 saturated carbocycles. The van der Waals surface area contributed by atoms with E-state index in [1.165, 1.54) is 11.3 Å². The normalized spacial score (nSPS) is 22.3. The van der Waals surface area contributed by atoms with Crippen molar-refractivity contribution in [1.29, 1.82) is 0 Å². The highest BCUT2D eigenvalue weighted by molar-refractivity contribution is 7.14. The van der Waals surface area contributed by atoms with Gasteiger partial charge in [0, 0.05) is 42.5 Å². The molecule has 5 rings (SSSR count). The standard InChI is InChI=1S/C34H43N5O6S/c1-19(2)36-34-38-29(18-46-34)28-17-30(23-11-10-21(44-4)16-27(23)37-28)45-22-14-25(31(35)40)26(15-22)32(41)39(3)12-8-6-5-7-9-20-13-24(20)33(42)43/h7,9-11,16-20,22,24-26H,5-6,8,12-15H2,1-4H3,(H2,35,40)(H,36,38)(H,42,43)/b9-7-/t20-,22-,24+,25-,26-/m1/s1. The van der Waals surface area contributed by atoms with E-state index in [0.717, 1.165) is 29.8 Å². The first-order chi connectivity index (χ1) is 22.0. The average Bonchev–Trinajstić information content (AvgIpc) is 3.44. The number of anilines is 1. The van der Waals surface area contributed by atoms with E-state index >= 15 is 0 Å². The van der Waals surface area contributed by atoms with Gasteiger partial charge in [-0.3, -0.25) is 14.4 Å². The summed E-state index contributed by atoms with van der Waals surface area (Å²) in [6.07, 6.45) is 7.59. The Morgan fingerprint density at radius 2 is 1.89 bits per heavy atom. The summed E-state index contributed by atoms with van der Waals surface area (Å²) in [5.41, 5.74) is 7.85. The number of nitrogens with zero attached hydrogens (tertiary/aromatic N) is 3. The minimum atomic E-state index is -0.729. The number of carboxylic acids is 1. The molecule has 4 N–H and O–H groups in total. The number of hydrogen-bond acceptors (Lipinski definition) is 9. The highest BCUT2D eigenvalue weighted by atomic mass is 32.1. The summed E-state index contributed by atoms with van der Waals surface area (Å²) < 4.78 is 12.0. The van der Waals surface area contributed by atoms with E-state index < -0.39 is 29.8 Å². The molecule has 2 aliphatic rings. The van der Waals surface area contributed by atoms with E-state index in [4.69, 9.17) is 30.3 Å². The number of aliphatic carboxylic acids is 1. The molecule has 2 heterocycles. The van der Waals surface area contributed by atoms with Crippen LogP contribution in [0.25, 0.3) is 22.3 Å². The molecule has 2 amide bonds. The highest BCUT2D eigenvalue weighted by Gasteiger charge is 2.44. The number of nitrogens with one attached hydrogen (secondary N) is 1. The molecule has 0 saturated heterocycles. The number of aromatic nitrogens is 2. The molecule has 5 atom stereocenters. The maximum Gasteiger partial charge on any atom is 0.307 e. The number of methoxy groups -OCH3 is 1. The van der Waals surface area contributed by atoms with Crippen LogP contribution in [0.3, 0.4) is 0 Å². The van der Waals surface area contributed by atoms with Gasteiger partial charge in [-0.05, 0) is 70.4 Å². The molecule has 246 valence electrons. The van der Waals surface area contributed by atoms with Crippen LogP contribution in [-0.4, -0.2) is 70.6 Å². The summed E-state index contributed by atoms with van der Waals surface area (Å²) in [4.78, 5) is 48.3. The fourth-order valence-corrected chi connectivity index (χ4v) is 6.93. The van der Waals surface area contributed by atoms with Crippen molar-refractivity contribution in [3.8, 4) is 22.9 Å². The molecule has 46 heavy (non-hydrogen) atoms. The third-order valence-corrected chi connectivity index (χ3v) is 9.46. The Morgan fingerprint density at radius 1 is 1.11 bits per heavy atom. The van der Waals surface area contributed by atoms with E-state index in [9.17, 15) is 14.4 Å². The Bertz CT molecular complexity index is 1610. The number of unbranched alkanes of at least 4 members (excludes halogenated alkanes) is 2. The Morgan fingerprint density at radius 3 is 2.59 bits per heavy atom. The molecule has 2 aliphatic carbocycles. The number of ether oxygens (including phenoxy) is 2. The number of allylic oxidation sites excluding steroid dienone is 2. The second-order valence-corrected chi connectivity index (χ2v) is 13.4. The molecule has 0 spiro atoms. The van der Waals surface area contributed by atoms with Gasteiger partial charge in [0.25, 0.3) is 0 Å². The molecule has 0 bridgehead atoms. The number of pyridine rings is 1. The summed E-state index contributed by atoms with van der Waals surface area (Å²) in [5, 5.41) is 15.9. The van der Waals surface area contributed by atoms with Crippen LogP contribution in [0.4, 0.5) is 5.13 Å². The van der Waals surface area contributed by atoms with Crippen LogP contribution < -0.4 is 20.5 Å². The first-order valence-electron chi connectivity index (χ1n) is 15.9. The summed E-state index contributed by atoms with van der Waals surface area (Å²) in [7, 11) is 3.37. The van der Waals surface area contributed by atoms with E-state index in [1.807, 2.05) is 41.8 Å². The molecule has 12 heteroatoms. The number of carboxylic acid groups (broad SMARTS) is 1. The Balaban J connectivity index is 1.25. The number of primary amides is 1. The lowest BCUT2D eigenvalue weighted by atomic mass is 9.94. The third kappa shape index (κ3) is 7.96. The van der Waals surface area contributed by atoms with Crippen molar-refractivity contribution >= 4 is 45.2 Å². The van der Waals surface area contributed by atoms with Gasteiger partial charge in [-0.15, -0.1) is 11.3 Å². The topological polar surface area (TPSA) is 157 Å². The van der Waals surface area contributed by atoms with Crippen molar-refractivity contribution in [1.82, 2.24) is 14.9 Å². The van der Waals surface area contributed by atoms with Gasteiger partial charge in [0.15, 0.2) is 5.13 Å². The fourth-order valence-electron chi connectivity index (χ4n) is 6.08. The molecular weight excluding hydrogens is 606 g/mol. The van der Waals surface area contributed by atoms with E-state index in [2.05, 4.69) is 19.2 Å². The van der Waals surface area contributed by atoms with Gasteiger partial charge in [0.2, 0.25) is 11.8 Å². The minimum absolute atomic E-state index is 0.106. The molecule has 0 unspecified atom stereocenters. The van der Waals surface area contributed by atoms with Gasteiger partial charge in [-0.25, -0.2) is 9.97 Å². The van der Waals surface area contributed by atoms with Crippen LogP contribution in [-0.2, 0) is 14.4 Å². The smallest absolute Gasteiger partial charge is 0.307 e. The van der Waals surface area contributed by atoms with Crippen molar-refractivity contribution in [2.75, 3.05) is 26.0 Å². The summed E-state index contributed by atoms with van der Waals surface area (Å²) in [6.45, 7) is 4.67. The number of carbonyl (C=O) groups is 3. The van der Waals surface area contributed by atoms with Crippen LogP contribution in [0.15, 0.2) is 41.8 Å². The molecular formula is C34H43N5O6S. The largest absolute Gasteiger partial charge is 0.497 e. The van der Waals surface area contributed by atoms with Crippen molar-refractivity contribution < 1.29 is 29.0 Å². The predicted octanol–water partition coefficient (Wildman–Crippen LogP) is 5.35. The first-order valence-corrected chi connectivity index (χ1v) is 16.7. The fraction of sp³-hybridized carbons (Fsp3) is 0.500. The second-order valence-electron chi connectivity index (χ2n) is 12.6. The summed E-state index contributed by atoms with van der Waals surface area (Å²) in [5.74, 6) is -1.35. The zero-order valence-electron chi connectivity index (χ0n) is 26.8. The maximum absolute atomic E-state index is 13.5. The molecule has 0 aliphatic heterocycles. The van der Waals surface area contributed by atoms with Crippen LogP contribution in [0.1, 0.15) is 52.4 Å². The number of amides is 2. The van der Waals surface area contributed by atoms with Crippen LogP contribution in [0.2, 0.25) is 0 Å². The van der Waals surface area contributed by atoms with Crippen LogP contribution in [0.5, 0.6) is 11.5 Å². The quantitative estimate of drug-likeness (QED) is 0.146. The van der Waals surface area contributed by atoms with Gasteiger partial charge in [-0.2, -0.15) is 0 Å². The number of thiazole rings is 1. The lowest BCUT2D eigenvalue weighted by molar-refractivity contribution is -0.139. The second kappa shape index (κ2) is 14.5. The Kier molecular flexibility index (Phi) is 10.5. The van der Waals surface area contributed by atoms with Crippen molar-refractivity contribution in [3.63, 3.8) is 0 Å². The molecule has 11 nitrogen and oxygen atoms in total. The van der Waals surface area contributed by atoms with Gasteiger partial charge >= 0.3 is 5.97 Å². The molecule has 2 fully saturated rings. The number of carbonyl (C=O) groups excluding carboxylic acids is 2. The van der Waals surface area contributed by atoms with Gasteiger partial charge in [0.1, 0.15) is 23.3 Å². The monoisotopic (exact) mass is 649 g/mol. The van der Waals surface area contributed by atoms with Gasteiger partial charge in [0.05, 0.1) is 36.1 Å². The minimum Gasteiger partial charge on any atom is -0.497 e. The highest BCUT2D eigenvalue weighted by Crippen LogP contribution is 2.40. The van der Waals surface area contributed by atoms with Gasteiger partial charge < -0.3 is 30.5 Å². The number of hydrogen-bond donors (Lipinski definition) is 3. The van der Waals surface area contributed by atoms with E-state index in [0.29, 0.717) is 54.2 Å². The zero-order chi connectivity index (χ0) is 33.0. The average molecular weight is 650 g/mol. The Hall–Kier alpha value is -4.19. The van der Waals surface area contributed by atoms with Crippen LogP contribution in [0, 0.1) is 23.7 Å². The maximum atomic E-state index is 13.5. The molecule has 0 radical (unpaired) electrons.